The van der Waals surface area contributed by atoms with E-state index in [4.69, 9.17) is 10.3 Å². The predicted molar refractivity (Wildman–Crippen MR) is 70.3 cm³/mol. The first-order valence-electron chi connectivity index (χ1n) is 6.60. The van der Waals surface area contributed by atoms with E-state index in [9.17, 15) is 5.11 Å². The Morgan fingerprint density at radius 2 is 1.79 bits per heavy atom. The van der Waals surface area contributed by atoms with Gasteiger partial charge in [0.1, 0.15) is 5.75 Å². The zero-order valence-electron chi connectivity index (χ0n) is 10.7. The second-order valence-corrected chi connectivity index (χ2v) is 5.19. The number of aromatic hydroxyl groups is 1. The van der Waals surface area contributed by atoms with Crippen LogP contribution in [0.3, 0.4) is 0 Å². The third-order valence-electron chi connectivity index (χ3n) is 3.72. The average molecular weight is 259 g/mol. The molecule has 0 amide bonds. The number of phenols is 1. The minimum absolute atomic E-state index is 0.218. The topological polar surface area (TPSA) is 85.2 Å². The molecule has 5 heteroatoms. The molecule has 0 unspecified atom stereocenters. The molecular formula is C14H17N3O2. The maximum Gasteiger partial charge on any atom is 0.247 e. The zero-order valence-corrected chi connectivity index (χ0v) is 10.7. The van der Waals surface area contributed by atoms with Crippen LogP contribution in [0.15, 0.2) is 28.8 Å². The third-order valence-corrected chi connectivity index (χ3v) is 3.72. The fourth-order valence-corrected chi connectivity index (χ4v) is 2.55. The van der Waals surface area contributed by atoms with E-state index in [0.29, 0.717) is 11.7 Å². The number of aromatic nitrogens is 2. The summed E-state index contributed by atoms with van der Waals surface area (Å²) in [5.41, 5.74) is 6.70. The van der Waals surface area contributed by atoms with E-state index in [-0.39, 0.29) is 5.75 Å². The van der Waals surface area contributed by atoms with Gasteiger partial charge < -0.3 is 15.4 Å². The van der Waals surface area contributed by atoms with Gasteiger partial charge in [0.05, 0.1) is 5.54 Å². The molecule has 100 valence electrons. The standard InChI is InChI=1S/C14H17N3O2/c15-14(8-2-1-3-9-14)13-16-12(17-19-13)10-4-6-11(18)7-5-10/h4-7,18H,1-3,8-9,15H2. The van der Waals surface area contributed by atoms with E-state index < -0.39 is 5.54 Å². The first-order chi connectivity index (χ1) is 9.17. The van der Waals surface area contributed by atoms with Crippen molar-refractivity contribution in [3.05, 3.63) is 30.2 Å². The summed E-state index contributed by atoms with van der Waals surface area (Å²) in [5, 5.41) is 13.3. The highest BCUT2D eigenvalue weighted by atomic mass is 16.5. The molecule has 0 saturated heterocycles. The lowest BCUT2D eigenvalue weighted by atomic mass is 9.82. The minimum Gasteiger partial charge on any atom is -0.508 e. The van der Waals surface area contributed by atoms with Crippen LogP contribution in [0.1, 0.15) is 38.0 Å². The Hall–Kier alpha value is -1.88. The molecule has 0 aliphatic heterocycles. The van der Waals surface area contributed by atoms with Crippen molar-refractivity contribution in [1.29, 1.82) is 0 Å². The Balaban J connectivity index is 1.88. The molecule has 1 aromatic carbocycles. The summed E-state index contributed by atoms with van der Waals surface area (Å²) >= 11 is 0. The molecule has 1 aliphatic rings. The number of rotatable bonds is 2. The molecule has 0 radical (unpaired) electrons. The largest absolute Gasteiger partial charge is 0.508 e. The van der Waals surface area contributed by atoms with E-state index in [1.54, 1.807) is 24.3 Å². The Bertz CT molecular complexity index is 556. The molecule has 1 aliphatic carbocycles. The van der Waals surface area contributed by atoms with Crippen molar-refractivity contribution < 1.29 is 9.63 Å². The van der Waals surface area contributed by atoms with Gasteiger partial charge in [-0.2, -0.15) is 4.98 Å². The van der Waals surface area contributed by atoms with Crippen molar-refractivity contribution in [3.8, 4) is 17.1 Å². The normalized spacial score (nSPS) is 18.4. The molecule has 0 spiro atoms. The van der Waals surface area contributed by atoms with Gasteiger partial charge in [-0.15, -0.1) is 0 Å². The highest BCUT2D eigenvalue weighted by Crippen LogP contribution is 2.34. The molecule has 5 nitrogen and oxygen atoms in total. The van der Waals surface area contributed by atoms with E-state index in [2.05, 4.69) is 10.1 Å². The van der Waals surface area contributed by atoms with Crippen LogP contribution in [0.5, 0.6) is 5.75 Å². The number of benzene rings is 1. The third kappa shape index (κ3) is 2.33. The molecule has 19 heavy (non-hydrogen) atoms. The number of nitrogens with zero attached hydrogens (tertiary/aromatic N) is 2. The molecule has 1 heterocycles. The minimum atomic E-state index is -0.472. The Morgan fingerprint density at radius 3 is 2.47 bits per heavy atom. The number of hydrogen-bond donors (Lipinski definition) is 2. The van der Waals surface area contributed by atoms with Gasteiger partial charge in [-0.05, 0) is 37.1 Å². The van der Waals surface area contributed by atoms with Crippen molar-refractivity contribution in [2.24, 2.45) is 5.73 Å². The first-order valence-corrected chi connectivity index (χ1v) is 6.60. The van der Waals surface area contributed by atoms with Crippen LogP contribution in [-0.4, -0.2) is 15.2 Å². The molecular weight excluding hydrogens is 242 g/mol. The average Bonchev–Trinajstić information content (AvgIpc) is 2.91. The van der Waals surface area contributed by atoms with Crippen LogP contribution >= 0.6 is 0 Å². The molecule has 1 aromatic heterocycles. The van der Waals surface area contributed by atoms with Gasteiger partial charge in [0.2, 0.25) is 11.7 Å². The highest BCUT2D eigenvalue weighted by Gasteiger charge is 2.35. The lowest BCUT2D eigenvalue weighted by molar-refractivity contribution is 0.220. The second kappa shape index (κ2) is 4.66. The van der Waals surface area contributed by atoms with Crippen LogP contribution < -0.4 is 5.73 Å². The van der Waals surface area contributed by atoms with Gasteiger partial charge in [-0.1, -0.05) is 24.4 Å². The lowest BCUT2D eigenvalue weighted by Gasteiger charge is -2.29. The summed E-state index contributed by atoms with van der Waals surface area (Å²) < 4.78 is 5.34. The van der Waals surface area contributed by atoms with E-state index in [1.807, 2.05) is 0 Å². The Kier molecular flexibility index (Phi) is 2.98. The van der Waals surface area contributed by atoms with Gasteiger partial charge in [0, 0.05) is 5.56 Å². The van der Waals surface area contributed by atoms with Crippen LogP contribution in [-0.2, 0) is 5.54 Å². The quantitative estimate of drug-likeness (QED) is 0.865. The lowest BCUT2D eigenvalue weighted by Crippen LogP contribution is -2.38. The SMILES string of the molecule is NC1(c2nc(-c3ccc(O)cc3)no2)CCCCC1. The van der Waals surface area contributed by atoms with Crippen LogP contribution in [0.25, 0.3) is 11.4 Å². The monoisotopic (exact) mass is 259 g/mol. The van der Waals surface area contributed by atoms with Gasteiger partial charge >= 0.3 is 0 Å². The van der Waals surface area contributed by atoms with E-state index in [1.165, 1.54) is 6.42 Å². The van der Waals surface area contributed by atoms with Crippen LogP contribution in [0.4, 0.5) is 0 Å². The summed E-state index contributed by atoms with van der Waals surface area (Å²) in [4.78, 5) is 4.42. The summed E-state index contributed by atoms with van der Waals surface area (Å²) in [5.74, 6) is 1.26. The predicted octanol–water partition coefficient (Wildman–Crippen LogP) is 2.56. The molecule has 0 atom stereocenters. The molecule has 3 rings (SSSR count). The first kappa shape index (κ1) is 12.2. The second-order valence-electron chi connectivity index (χ2n) is 5.19. The fourth-order valence-electron chi connectivity index (χ4n) is 2.55. The van der Waals surface area contributed by atoms with Crippen molar-refractivity contribution in [2.75, 3.05) is 0 Å². The van der Waals surface area contributed by atoms with Gasteiger partial charge in [0.15, 0.2) is 0 Å². The molecule has 0 bridgehead atoms. The summed E-state index contributed by atoms with van der Waals surface area (Å²) in [7, 11) is 0. The summed E-state index contributed by atoms with van der Waals surface area (Å²) in [6.07, 6.45) is 5.22. The van der Waals surface area contributed by atoms with E-state index >= 15 is 0 Å². The van der Waals surface area contributed by atoms with Crippen molar-refractivity contribution in [2.45, 2.75) is 37.6 Å². The van der Waals surface area contributed by atoms with Crippen LogP contribution in [0.2, 0.25) is 0 Å². The fraction of sp³-hybridized carbons (Fsp3) is 0.429. The van der Waals surface area contributed by atoms with Crippen molar-refractivity contribution in [1.82, 2.24) is 10.1 Å². The summed E-state index contributed by atoms with van der Waals surface area (Å²) in [6, 6.07) is 6.72. The molecule has 3 N–H and O–H groups in total. The zero-order chi connectivity index (χ0) is 13.3. The molecule has 2 aromatic rings. The highest BCUT2D eigenvalue weighted by molar-refractivity contribution is 5.55. The van der Waals surface area contributed by atoms with Gasteiger partial charge in [-0.25, -0.2) is 0 Å². The van der Waals surface area contributed by atoms with Crippen LogP contribution in [0, 0.1) is 0 Å². The molecule has 1 fully saturated rings. The summed E-state index contributed by atoms with van der Waals surface area (Å²) in [6.45, 7) is 0. The maximum atomic E-state index is 9.27. The van der Waals surface area contributed by atoms with E-state index in [0.717, 1.165) is 31.2 Å². The number of phenolic OH excluding ortho intramolecular Hbond substituents is 1. The number of nitrogens with two attached hydrogens (primary N) is 1. The Labute approximate surface area is 111 Å². The molecule has 1 saturated carbocycles. The smallest absolute Gasteiger partial charge is 0.247 e. The van der Waals surface area contributed by atoms with Gasteiger partial charge in [0.25, 0.3) is 0 Å². The number of hydrogen-bond acceptors (Lipinski definition) is 5. The van der Waals surface area contributed by atoms with Crippen molar-refractivity contribution in [3.63, 3.8) is 0 Å². The Morgan fingerprint density at radius 1 is 1.11 bits per heavy atom. The van der Waals surface area contributed by atoms with Crippen molar-refractivity contribution >= 4 is 0 Å². The maximum absolute atomic E-state index is 9.27. The van der Waals surface area contributed by atoms with Gasteiger partial charge in [-0.3, -0.25) is 0 Å².